The summed E-state index contributed by atoms with van der Waals surface area (Å²) in [4.78, 5) is 19.3. The van der Waals surface area contributed by atoms with Crippen molar-refractivity contribution in [2.45, 2.75) is 30.5 Å². The fourth-order valence-corrected chi connectivity index (χ4v) is 4.64. The molecule has 0 spiro atoms. The molecule has 1 aromatic carbocycles. The number of thioether (sulfide) groups is 1. The van der Waals surface area contributed by atoms with Gasteiger partial charge in [-0.05, 0) is 50.6 Å². The molecule has 1 aliphatic rings. The van der Waals surface area contributed by atoms with Crippen LogP contribution in [-0.4, -0.2) is 34.6 Å². The van der Waals surface area contributed by atoms with E-state index in [1.54, 1.807) is 0 Å². The number of rotatable bonds is 6. The van der Waals surface area contributed by atoms with Crippen LogP contribution < -0.4 is 5.32 Å². The van der Waals surface area contributed by atoms with Gasteiger partial charge in [-0.3, -0.25) is 15.0 Å². The minimum atomic E-state index is -0.145. The molecule has 1 saturated heterocycles. The van der Waals surface area contributed by atoms with Crippen LogP contribution in [0.3, 0.4) is 0 Å². The van der Waals surface area contributed by atoms with Gasteiger partial charge in [-0.25, -0.2) is 4.98 Å². The lowest BCUT2D eigenvalue weighted by atomic mass is 10.1. The number of likely N-dealkylation sites (tertiary alicyclic amines) is 1. The standard InChI is InChI=1S/C18H20N4OS2/c1-13-17(24-10-7-19)25-18(20-13)21-16(23)15-6-4-5-14(11-15)12-22-8-2-3-9-22/h4-6,11H,2-3,8-10,12H2,1H3,(H,20,21,23). The van der Waals surface area contributed by atoms with E-state index in [-0.39, 0.29) is 5.91 Å². The summed E-state index contributed by atoms with van der Waals surface area (Å²) in [6, 6.07) is 9.89. The summed E-state index contributed by atoms with van der Waals surface area (Å²) >= 11 is 2.86. The first-order chi connectivity index (χ1) is 12.2. The van der Waals surface area contributed by atoms with Gasteiger partial charge in [0.2, 0.25) is 0 Å². The molecule has 1 aliphatic heterocycles. The van der Waals surface area contributed by atoms with Crippen LogP contribution >= 0.6 is 23.1 Å². The van der Waals surface area contributed by atoms with Crippen molar-refractivity contribution in [3.8, 4) is 6.07 Å². The lowest BCUT2D eigenvalue weighted by Gasteiger charge is -2.14. The van der Waals surface area contributed by atoms with Crippen LogP contribution in [0.25, 0.3) is 0 Å². The SMILES string of the molecule is Cc1nc(NC(=O)c2cccc(CN3CCCC3)c2)sc1SCC#N. The fraction of sp³-hybridized carbons (Fsp3) is 0.389. The third-order valence-electron chi connectivity index (χ3n) is 4.04. The number of nitrogens with one attached hydrogen (secondary N) is 1. The van der Waals surface area contributed by atoms with Crippen molar-refractivity contribution in [3.05, 3.63) is 41.1 Å². The van der Waals surface area contributed by atoms with Crippen LogP contribution in [0.4, 0.5) is 5.13 Å². The molecule has 1 fully saturated rings. The highest BCUT2D eigenvalue weighted by molar-refractivity contribution is 8.01. The van der Waals surface area contributed by atoms with Gasteiger partial charge < -0.3 is 0 Å². The Balaban J connectivity index is 1.65. The van der Waals surface area contributed by atoms with Crippen molar-refractivity contribution < 1.29 is 4.79 Å². The molecule has 7 heteroatoms. The van der Waals surface area contributed by atoms with E-state index in [4.69, 9.17) is 5.26 Å². The highest BCUT2D eigenvalue weighted by Crippen LogP contribution is 2.32. The summed E-state index contributed by atoms with van der Waals surface area (Å²) in [5.41, 5.74) is 2.66. The molecule has 3 rings (SSSR count). The predicted molar refractivity (Wildman–Crippen MR) is 102 cm³/mol. The second kappa shape index (κ2) is 8.48. The number of aryl methyl sites for hydroxylation is 1. The molecule has 130 valence electrons. The number of hydrogen-bond acceptors (Lipinski definition) is 6. The second-order valence-electron chi connectivity index (χ2n) is 5.98. The largest absolute Gasteiger partial charge is 0.299 e. The van der Waals surface area contributed by atoms with Crippen molar-refractivity contribution in [1.29, 1.82) is 5.26 Å². The van der Waals surface area contributed by atoms with E-state index in [2.05, 4.69) is 27.3 Å². The zero-order chi connectivity index (χ0) is 17.6. The Morgan fingerprint density at radius 1 is 1.44 bits per heavy atom. The van der Waals surface area contributed by atoms with E-state index < -0.39 is 0 Å². The van der Waals surface area contributed by atoms with Crippen molar-refractivity contribution in [1.82, 2.24) is 9.88 Å². The minimum absolute atomic E-state index is 0.145. The smallest absolute Gasteiger partial charge is 0.257 e. The number of benzene rings is 1. The molecule has 0 atom stereocenters. The van der Waals surface area contributed by atoms with Gasteiger partial charge in [-0.1, -0.05) is 35.2 Å². The molecule has 0 saturated carbocycles. The molecule has 2 aromatic rings. The zero-order valence-corrected chi connectivity index (χ0v) is 15.8. The summed E-state index contributed by atoms with van der Waals surface area (Å²) in [5, 5.41) is 12.1. The third kappa shape index (κ3) is 4.82. The quantitative estimate of drug-likeness (QED) is 0.779. The first kappa shape index (κ1) is 17.9. The Morgan fingerprint density at radius 3 is 3.00 bits per heavy atom. The third-order valence-corrected chi connectivity index (χ3v) is 6.34. The summed E-state index contributed by atoms with van der Waals surface area (Å²) in [6.07, 6.45) is 2.52. The van der Waals surface area contributed by atoms with E-state index in [1.165, 1.54) is 35.9 Å². The van der Waals surface area contributed by atoms with Gasteiger partial charge in [0.25, 0.3) is 5.91 Å². The fourth-order valence-electron chi connectivity index (χ4n) is 2.85. The monoisotopic (exact) mass is 372 g/mol. The average Bonchev–Trinajstić information content (AvgIpc) is 3.23. The molecule has 25 heavy (non-hydrogen) atoms. The van der Waals surface area contributed by atoms with Gasteiger partial charge in [-0.15, -0.1) is 0 Å². The molecule has 0 radical (unpaired) electrons. The van der Waals surface area contributed by atoms with E-state index in [0.717, 1.165) is 35.1 Å². The Kier molecular flexibility index (Phi) is 6.08. The highest BCUT2D eigenvalue weighted by Gasteiger charge is 2.15. The number of hydrogen-bond donors (Lipinski definition) is 1. The lowest BCUT2D eigenvalue weighted by molar-refractivity contribution is 0.102. The molecular weight excluding hydrogens is 352 g/mol. The van der Waals surface area contributed by atoms with E-state index in [1.807, 2.05) is 25.1 Å². The maximum atomic E-state index is 12.5. The second-order valence-corrected chi connectivity index (χ2v) is 8.22. The van der Waals surface area contributed by atoms with Crippen molar-refractivity contribution in [2.24, 2.45) is 0 Å². The Labute approximate surface area is 156 Å². The summed E-state index contributed by atoms with van der Waals surface area (Å²) in [6.45, 7) is 5.06. The molecule has 1 aromatic heterocycles. The van der Waals surface area contributed by atoms with Crippen molar-refractivity contribution in [2.75, 3.05) is 24.2 Å². The normalized spacial score (nSPS) is 14.4. The number of carbonyl (C=O) groups excluding carboxylic acids is 1. The number of aromatic nitrogens is 1. The molecule has 5 nitrogen and oxygen atoms in total. The first-order valence-corrected chi connectivity index (χ1v) is 10.1. The van der Waals surface area contributed by atoms with Crippen LogP contribution in [-0.2, 0) is 6.54 Å². The summed E-state index contributed by atoms with van der Waals surface area (Å²) in [5.74, 6) is 0.239. The summed E-state index contributed by atoms with van der Waals surface area (Å²) in [7, 11) is 0. The van der Waals surface area contributed by atoms with Gasteiger partial charge in [-0.2, -0.15) is 5.26 Å². The molecule has 2 heterocycles. The Hall–Kier alpha value is -1.88. The van der Waals surface area contributed by atoms with E-state index >= 15 is 0 Å². The van der Waals surface area contributed by atoms with Crippen LogP contribution in [0, 0.1) is 18.3 Å². The van der Waals surface area contributed by atoms with Crippen LogP contribution in [0.1, 0.15) is 34.5 Å². The Morgan fingerprint density at radius 2 is 2.24 bits per heavy atom. The topological polar surface area (TPSA) is 69.0 Å². The number of carbonyl (C=O) groups is 1. The lowest BCUT2D eigenvalue weighted by Crippen LogP contribution is -2.19. The average molecular weight is 373 g/mol. The first-order valence-electron chi connectivity index (χ1n) is 8.25. The highest BCUT2D eigenvalue weighted by atomic mass is 32.2. The number of nitriles is 1. The van der Waals surface area contributed by atoms with Crippen LogP contribution in [0.15, 0.2) is 28.5 Å². The molecule has 0 bridgehead atoms. The predicted octanol–water partition coefficient (Wildman–Crippen LogP) is 3.92. The van der Waals surface area contributed by atoms with E-state index in [9.17, 15) is 4.79 Å². The van der Waals surface area contributed by atoms with Gasteiger partial charge in [0.15, 0.2) is 5.13 Å². The molecule has 1 amide bonds. The number of thiazole rings is 1. The molecule has 1 N–H and O–H groups in total. The van der Waals surface area contributed by atoms with Crippen molar-refractivity contribution in [3.63, 3.8) is 0 Å². The summed E-state index contributed by atoms with van der Waals surface area (Å²) < 4.78 is 0.972. The maximum Gasteiger partial charge on any atom is 0.257 e. The van der Waals surface area contributed by atoms with Crippen molar-refractivity contribution >= 4 is 34.1 Å². The van der Waals surface area contributed by atoms with Crippen LogP contribution in [0.5, 0.6) is 0 Å². The Bertz CT molecular complexity index is 791. The maximum absolute atomic E-state index is 12.5. The molecule has 0 unspecified atom stereocenters. The van der Waals surface area contributed by atoms with E-state index in [0.29, 0.717) is 16.4 Å². The number of amides is 1. The van der Waals surface area contributed by atoms with Gasteiger partial charge >= 0.3 is 0 Å². The molecule has 0 aliphatic carbocycles. The minimum Gasteiger partial charge on any atom is -0.299 e. The van der Waals surface area contributed by atoms with Gasteiger partial charge in [0.1, 0.15) is 0 Å². The van der Waals surface area contributed by atoms with Gasteiger partial charge in [0.05, 0.1) is 21.7 Å². The zero-order valence-electron chi connectivity index (χ0n) is 14.1. The number of anilines is 1. The van der Waals surface area contributed by atoms with Crippen LogP contribution in [0.2, 0.25) is 0 Å². The molecular formula is C18H20N4OS2. The van der Waals surface area contributed by atoms with Gasteiger partial charge in [0, 0.05) is 12.1 Å². The number of nitrogens with zero attached hydrogens (tertiary/aromatic N) is 3.